The van der Waals surface area contributed by atoms with Crippen LogP contribution in [-0.2, 0) is 55.5 Å². The molecule has 0 amide bonds. The Kier molecular flexibility index (Phi) is 11.8. The van der Waals surface area contributed by atoms with Crippen molar-refractivity contribution < 1.29 is 23.7 Å². The molecular formula is C44H52O5. The standard InChI is InChI=1S/C44H52O5/c1-5-26-45-27-14-13-15-35-21-23-36(24-22-35)28-39-29-40(25-20-33(39)3)44-42(47-31-38-18-11-8-12-19-38)41(46-30-37-16-9-7-10-17-37)34(4)43(6-2,49-44)32-48-44/h5,7-12,16-25,29,34,41-42H,1,6,13-15,26-28,30-32H2,2-4H3/t34-,41-,42+,43-,44-/m0/s1. The van der Waals surface area contributed by atoms with E-state index in [-0.39, 0.29) is 12.0 Å². The SMILES string of the molecule is C=CCOCCCCc1ccc(Cc2cc([C@]34OC[C@](CC)(O3)[C@@H](C)[C@H](OCc3ccccc3)[C@H]4OCc3ccccc3)ccc2C)cc1. The lowest BCUT2D eigenvalue weighted by molar-refractivity contribution is -0.333. The van der Waals surface area contributed by atoms with Crippen molar-refractivity contribution in [3.05, 3.63) is 155 Å². The van der Waals surface area contributed by atoms with Crippen molar-refractivity contribution in [3.63, 3.8) is 0 Å². The van der Waals surface area contributed by atoms with Crippen LogP contribution in [0.1, 0.15) is 72.1 Å². The van der Waals surface area contributed by atoms with Crippen LogP contribution in [0.2, 0.25) is 0 Å². The zero-order chi connectivity index (χ0) is 34.1. The van der Waals surface area contributed by atoms with Gasteiger partial charge in [-0.1, -0.05) is 117 Å². The van der Waals surface area contributed by atoms with Crippen LogP contribution in [0.15, 0.2) is 116 Å². The lowest BCUT2D eigenvalue weighted by Crippen LogP contribution is -2.62. The van der Waals surface area contributed by atoms with E-state index < -0.39 is 17.5 Å². The molecule has 4 aromatic rings. The third kappa shape index (κ3) is 8.09. The van der Waals surface area contributed by atoms with Crippen LogP contribution in [0.4, 0.5) is 0 Å². The van der Waals surface area contributed by atoms with Crippen molar-refractivity contribution in [2.45, 2.75) is 89.7 Å². The van der Waals surface area contributed by atoms with Gasteiger partial charge >= 0.3 is 0 Å². The first-order valence-corrected chi connectivity index (χ1v) is 18.0. The summed E-state index contributed by atoms with van der Waals surface area (Å²) in [5, 5.41) is 0. The van der Waals surface area contributed by atoms with Crippen LogP contribution in [0.3, 0.4) is 0 Å². The highest BCUT2D eigenvalue weighted by Gasteiger charge is 2.66. The van der Waals surface area contributed by atoms with Gasteiger partial charge in [-0.15, -0.1) is 6.58 Å². The summed E-state index contributed by atoms with van der Waals surface area (Å²) in [6, 6.07) is 36.4. The smallest absolute Gasteiger partial charge is 0.225 e. The molecule has 2 aliphatic rings. The minimum Gasteiger partial charge on any atom is -0.377 e. The third-order valence-corrected chi connectivity index (χ3v) is 10.4. The molecule has 2 saturated heterocycles. The molecule has 0 radical (unpaired) electrons. The highest BCUT2D eigenvalue weighted by Crippen LogP contribution is 2.55. The molecular weight excluding hydrogens is 608 g/mol. The molecule has 0 saturated carbocycles. The Hall–Kier alpha value is -3.58. The van der Waals surface area contributed by atoms with Gasteiger partial charge in [0.05, 0.1) is 32.5 Å². The lowest BCUT2D eigenvalue weighted by Gasteiger charge is -2.50. The number of hydrogen-bond donors (Lipinski definition) is 0. The highest BCUT2D eigenvalue weighted by atomic mass is 16.8. The molecule has 0 unspecified atom stereocenters. The molecule has 6 rings (SSSR count). The van der Waals surface area contributed by atoms with E-state index in [9.17, 15) is 0 Å². The van der Waals surface area contributed by atoms with Crippen molar-refractivity contribution >= 4 is 0 Å². The fraction of sp³-hybridized carbons (Fsp3) is 0.409. The molecule has 258 valence electrons. The Morgan fingerprint density at radius 3 is 2.16 bits per heavy atom. The second-order valence-electron chi connectivity index (χ2n) is 13.7. The summed E-state index contributed by atoms with van der Waals surface area (Å²) in [4.78, 5) is 0. The summed E-state index contributed by atoms with van der Waals surface area (Å²) < 4.78 is 33.4. The van der Waals surface area contributed by atoms with E-state index in [0.717, 1.165) is 55.4 Å². The van der Waals surface area contributed by atoms with Crippen molar-refractivity contribution in [2.24, 2.45) is 5.92 Å². The summed E-state index contributed by atoms with van der Waals surface area (Å²) in [5.74, 6) is -1.04. The normalized spacial score (nSPS) is 24.6. The zero-order valence-electron chi connectivity index (χ0n) is 29.4. The maximum Gasteiger partial charge on any atom is 0.225 e. The van der Waals surface area contributed by atoms with Gasteiger partial charge in [-0.3, -0.25) is 0 Å². The van der Waals surface area contributed by atoms with E-state index in [2.05, 4.69) is 106 Å². The Balaban J connectivity index is 1.26. The average molecular weight is 661 g/mol. The number of benzene rings is 4. The first kappa shape index (κ1) is 35.3. The summed E-state index contributed by atoms with van der Waals surface area (Å²) in [7, 11) is 0. The van der Waals surface area contributed by atoms with Gasteiger partial charge in [-0.05, 0) is 78.5 Å². The quantitative estimate of drug-likeness (QED) is 0.0835. The van der Waals surface area contributed by atoms with Gasteiger partial charge in [0.2, 0.25) is 5.79 Å². The first-order chi connectivity index (χ1) is 24.0. The fourth-order valence-electron chi connectivity index (χ4n) is 7.32. The first-order valence-electron chi connectivity index (χ1n) is 18.0. The van der Waals surface area contributed by atoms with Gasteiger partial charge in [0.15, 0.2) is 0 Å². The number of aryl methyl sites for hydroxylation is 2. The predicted molar refractivity (Wildman–Crippen MR) is 195 cm³/mol. The van der Waals surface area contributed by atoms with Crippen LogP contribution in [-0.4, -0.2) is 37.6 Å². The summed E-state index contributed by atoms with van der Waals surface area (Å²) in [5.41, 5.74) is 7.88. The maximum absolute atomic E-state index is 7.19. The molecule has 2 fully saturated rings. The summed E-state index contributed by atoms with van der Waals surface area (Å²) in [6.45, 7) is 13.1. The molecule has 0 aliphatic carbocycles. The van der Waals surface area contributed by atoms with Gasteiger partial charge in [0.1, 0.15) is 11.7 Å². The minimum atomic E-state index is -1.10. The van der Waals surface area contributed by atoms with Gasteiger partial charge in [-0.2, -0.15) is 0 Å². The Bertz CT molecular complexity index is 1620. The molecule has 5 nitrogen and oxygen atoms in total. The maximum atomic E-state index is 7.19. The Morgan fingerprint density at radius 1 is 0.816 bits per heavy atom. The summed E-state index contributed by atoms with van der Waals surface area (Å²) >= 11 is 0. The van der Waals surface area contributed by atoms with E-state index in [1.807, 2.05) is 24.3 Å². The van der Waals surface area contributed by atoms with Gasteiger partial charge in [0.25, 0.3) is 0 Å². The highest BCUT2D eigenvalue weighted by molar-refractivity contribution is 5.39. The van der Waals surface area contributed by atoms with E-state index >= 15 is 0 Å². The van der Waals surface area contributed by atoms with Crippen LogP contribution < -0.4 is 0 Å². The van der Waals surface area contributed by atoms with Gasteiger partial charge < -0.3 is 23.7 Å². The number of fused-ring (bicyclic) bond motifs is 2. The number of unbranched alkanes of at least 4 members (excludes halogenated alkanes) is 1. The zero-order valence-corrected chi connectivity index (χ0v) is 29.4. The van der Waals surface area contributed by atoms with Crippen molar-refractivity contribution in [1.82, 2.24) is 0 Å². The second kappa shape index (κ2) is 16.4. The molecule has 2 bridgehead atoms. The minimum absolute atomic E-state index is 0.0562. The lowest BCUT2D eigenvalue weighted by atomic mass is 9.76. The van der Waals surface area contributed by atoms with Crippen LogP contribution >= 0.6 is 0 Å². The van der Waals surface area contributed by atoms with Crippen molar-refractivity contribution in [2.75, 3.05) is 19.8 Å². The Labute approximate surface area is 293 Å². The molecule has 0 spiro atoms. The van der Waals surface area contributed by atoms with E-state index in [1.54, 1.807) is 6.08 Å². The largest absolute Gasteiger partial charge is 0.377 e. The number of ether oxygens (including phenoxy) is 5. The molecule has 0 aromatic heterocycles. The number of rotatable bonds is 17. The molecule has 49 heavy (non-hydrogen) atoms. The predicted octanol–water partition coefficient (Wildman–Crippen LogP) is 9.28. The fourth-order valence-corrected chi connectivity index (χ4v) is 7.32. The molecule has 0 N–H and O–H groups in total. The van der Waals surface area contributed by atoms with Crippen molar-refractivity contribution in [1.29, 1.82) is 0 Å². The van der Waals surface area contributed by atoms with Crippen LogP contribution in [0.25, 0.3) is 0 Å². The van der Waals surface area contributed by atoms with Gasteiger partial charge in [0, 0.05) is 18.1 Å². The molecule has 4 aromatic carbocycles. The molecule has 2 aliphatic heterocycles. The number of hydrogen-bond acceptors (Lipinski definition) is 5. The average Bonchev–Trinajstić information content (AvgIpc) is 3.51. The Morgan fingerprint density at radius 2 is 1.49 bits per heavy atom. The van der Waals surface area contributed by atoms with Crippen LogP contribution in [0.5, 0.6) is 0 Å². The summed E-state index contributed by atoms with van der Waals surface area (Å²) in [6.07, 6.45) is 5.94. The topological polar surface area (TPSA) is 46.2 Å². The molecule has 2 heterocycles. The van der Waals surface area contributed by atoms with E-state index in [1.165, 1.54) is 22.3 Å². The monoisotopic (exact) mass is 660 g/mol. The van der Waals surface area contributed by atoms with Crippen molar-refractivity contribution in [3.8, 4) is 0 Å². The van der Waals surface area contributed by atoms with Crippen LogP contribution in [0, 0.1) is 12.8 Å². The van der Waals surface area contributed by atoms with E-state index in [4.69, 9.17) is 23.7 Å². The second-order valence-corrected chi connectivity index (χ2v) is 13.7. The molecule has 5 atom stereocenters. The van der Waals surface area contributed by atoms with E-state index in [0.29, 0.717) is 26.4 Å². The van der Waals surface area contributed by atoms with Gasteiger partial charge in [-0.25, -0.2) is 0 Å². The molecule has 5 heteroatoms. The third-order valence-electron chi connectivity index (χ3n) is 10.4.